The van der Waals surface area contributed by atoms with E-state index in [1.807, 2.05) is 52.0 Å². The molecule has 0 unspecified atom stereocenters. The van der Waals surface area contributed by atoms with Crippen molar-refractivity contribution in [3.8, 4) is 11.5 Å². The quantitative estimate of drug-likeness (QED) is 0.464. The summed E-state index contributed by atoms with van der Waals surface area (Å²) >= 11 is 3.62. The third kappa shape index (κ3) is 5.16. The predicted octanol–water partition coefficient (Wildman–Crippen LogP) is 5.53. The summed E-state index contributed by atoms with van der Waals surface area (Å²) in [5, 5.41) is 10.2. The number of aromatic nitrogens is 2. The van der Waals surface area contributed by atoms with Gasteiger partial charge in [0.2, 0.25) is 11.5 Å². The summed E-state index contributed by atoms with van der Waals surface area (Å²) in [4.78, 5) is 32.2. The summed E-state index contributed by atoms with van der Waals surface area (Å²) in [6.45, 7) is 11.9. The third-order valence-electron chi connectivity index (χ3n) is 6.25. The first kappa shape index (κ1) is 25.4. The molecule has 2 aromatic heterocycles. The number of hydrogen-bond donors (Lipinski definition) is 1. The highest BCUT2D eigenvalue weighted by molar-refractivity contribution is 9.10. The molecule has 3 heterocycles. The summed E-state index contributed by atoms with van der Waals surface area (Å²) in [7, 11) is 0. The molecule has 0 saturated carbocycles. The topological polar surface area (TPSA) is 97.8 Å². The van der Waals surface area contributed by atoms with Crippen LogP contribution in [-0.4, -0.2) is 44.3 Å². The van der Waals surface area contributed by atoms with Crippen LogP contribution in [0.15, 0.2) is 37.9 Å². The molecule has 1 aromatic carbocycles. The number of rotatable bonds is 3. The number of fused-ring (bicyclic) bond motifs is 1. The standard InChI is InChI=1S/C26H32BrN3O5/c1-15-19(27)20-21(34-22(28-20)16-7-9-17(10-8-16)26(5,6)33)23(31)30(15)18-11-13-29(14-12-18)24(32)35-25(2,3)4/h7-10,18,33H,11-14H2,1-6H3. The number of halogens is 1. The van der Waals surface area contributed by atoms with Gasteiger partial charge in [0.25, 0.3) is 5.56 Å². The molecule has 3 aromatic rings. The van der Waals surface area contributed by atoms with Gasteiger partial charge in [-0.3, -0.25) is 4.79 Å². The average Bonchev–Trinajstić information content (AvgIpc) is 3.23. The molecule has 1 saturated heterocycles. The molecule has 0 aliphatic carbocycles. The number of piperidine rings is 1. The van der Waals surface area contributed by atoms with Crippen molar-refractivity contribution in [3.05, 3.63) is 50.3 Å². The van der Waals surface area contributed by atoms with Crippen LogP contribution in [0.3, 0.4) is 0 Å². The minimum absolute atomic E-state index is 0.0681. The average molecular weight is 546 g/mol. The molecular weight excluding hydrogens is 514 g/mol. The first-order chi connectivity index (χ1) is 16.3. The van der Waals surface area contributed by atoms with Crippen LogP contribution in [0.5, 0.6) is 0 Å². The zero-order chi connectivity index (χ0) is 25.7. The van der Waals surface area contributed by atoms with Crippen LogP contribution in [0.25, 0.3) is 22.6 Å². The summed E-state index contributed by atoms with van der Waals surface area (Å²) in [6, 6.07) is 7.22. The van der Waals surface area contributed by atoms with Crippen molar-refractivity contribution in [3.63, 3.8) is 0 Å². The summed E-state index contributed by atoms with van der Waals surface area (Å²) in [6.07, 6.45) is 0.946. The Hall–Kier alpha value is -2.65. The molecule has 188 valence electrons. The highest BCUT2D eigenvalue weighted by atomic mass is 79.9. The molecule has 35 heavy (non-hydrogen) atoms. The monoisotopic (exact) mass is 545 g/mol. The smallest absolute Gasteiger partial charge is 0.410 e. The number of oxazole rings is 1. The van der Waals surface area contributed by atoms with Crippen molar-refractivity contribution >= 4 is 33.1 Å². The predicted molar refractivity (Wildman–Crippen MR) is 137 cm³/mol. The Morgan fingerprint density at radius 2 is 1.74 bits per heavy atom. The van der Waals surface area contributed by atoms with Crippen molar-refractivity contribution in [1.82, 2.24) is 14.5 Å². The molecule has 1 aliphatic heterocycles. The zero-order valence-corrected chi connectivity index (χ0v) is 22.6. The van der Waals surface area contributed by atoms with E-state index in [0.717, 1.165) is 16.8 Å². The van der Waals surface area contributed by atoms with E-state index >= 15 is 0 Å². The van der Waals surface area contributed by atoms with Gasteiger partial charge in [0.05, 0.1) is 10.1 Å². The van der Waals surface area contributed by atoms with Gasteiger partial charge < -0.3 is 23.7 Å². The highest BCUT2D eigenvalue weighted by Gasteiger charge is 2.30. The fourth-order valence-corrected chi connectivity index (χ4v) is 4.83. The second-order valence-electron chi connectivity index (χ2n) is 10.6. The fraction of sp³-hybridized carbons (Fsp3) is 0.500. The number of benzene rings is 1. The lowest BCUT2D eigenvalue weighted by molar-refractivity contribution is 0.0187. The number of hydrogen-bond acceptors (Lipinski definition) is 6. The number of ether oxygens (including phenoxy) is 1. The molecular formula is C26H32BrN3O5. The highest BCUT2D eigenvalue weighted by Crippen LogP contribution is 2.33. The molecule has 4 rings (SSSR count). The Balaban J connectivity index is 1.63. The first-order valence-corrected chi connectivity index (χ1v) is 12.6. The van der Waals surface area contributed by atoms with Gasteiger partial charge in [-0.05, 0) is 88.0 Å². The number of aliphatic hydroxyl groups is 1. The SMILES string of the molecule is Cc1c(Br)c2nc(-c3ccc(C(C)(C)O)cc3)oc2c(=O)n1C1CCN(C(=O)OC(C)(C)C)CC1. The van der Waals surface area contributed by atoms with Gasteiger partial charge >= 0.3 is 6.09 Å². The summed E-state index contributed by atoms with van der Waals surface area (Å²) in [5.41, 5.74) is 1.21. The van der Waals surface area contributed by atoms with Crippen LogP contribution in [0, 0.1) is 6.92 Å². The minimum atomic E-state index is -0.952. The van der Waals surface area contributed by atoms with E-state index in [2.05, 4.69) is 20.9 Å². The number of likely N-dealkylation sites (tertiary alicyclic amines) is 1. The van der Waals surface area contributed by atoms with Crippen molar-refractivity contribution in [1.29, 1.82) is 0 Å². The van der Waals surface area contributed by atoms with E-state index < -0.39 is 11.2 Å². The van der Waals surface area contributed by atoms with Crippen LogP contribution < -0.4 is 5.56 Å². The van der Waals surface area contributed by atoms with Crippen LogP contribution in [0.4, 0.5) is 4.79 Å². The largest absolute Gasteiger partial charge is 0.444 e. The normalized spacial score (nSPS) is 15.6. The molecule has 8 nitrogen and oxygen atoms in total. The maximum Gasteiger partial charge on any atom is 0.410 e. The van der Waals surface area contributed by atoms with Crippen molar-refractivity contribution in [2.75, 3.05) is 13.1 Å². The van der Waals surface area contributed by atoms with Gasteiger partial charge in [0, 0.05) is 30.4 Å². The van der Waals surface area contributed by atoms with Crippen molar-refractivity contribution in [2.24, 2.45) is 0 Å². The van der Waals surface area contributed by atoms with Crippen LogP contribution >= 0.6 is 15.9 Å². The zero-order valence-electron chi connectivity index (χ0n) is 21.0. The maximum absolute atomic E-state index is 13.5. The summed E-state index contributed by atoms with van der Waals surface area (Å²) < 4.78 is 13.9. The Kier molecular flexibility index (Phi) is 6.61. The third-order valence-corrected chi connectivity index (χ3v) is 7.20. The number of nitrogens with zero attached hydrogens (tertiary/aromatic N) is 3. The van der Waals surface area contributed by atoms with E-state index in [-0.39, 0.29) is 23.3 Å². The minimum Gasteiger partial charge on any atom is -0.444 e. The van der Waals surface area contributed by atoms with Gasteiger partial charge in [0.15, 0.2) is 0 Å². The fourth-order valence-electron chi connectivity index (χ4n) is 4.37. The number of pyridine rings is 1. The molecule has 9 heteroatoms. The number of carbonyl (C=O) groups is 1. The van der Waals surface area contributed by atoms with E-state index in [9.17, 15) is 14.7 Å². The number of carbonyl (C=O) groups excluding carboxylic acids is 1. The van der Waals surface area contributed by atoms with Crippen LogP contribution in [-0.2, 0) is 10.3 Å². The van der Waals surface area contributed by atoms with Crippen molar-refractivity contribution < 1.29 is 19.1 Å². The second-order valence-corrected chi connectivity index (χ2v) is 11.4. The Labute approximate surface area is 213 Å². The lowest BCUT2D eigenvalue weighted by atomic mass is 9.97. The Morgan fingerprint density at radius 3 is 2.29 bits per heavy atom. The lowest BCUT2D eigenvalue weighted by Gasteiger charge is -2.34. The molecule has 0 bridgehead atoms. The van der Waals surface area contributed by atoms with Gasteiger partial charge in [-0.2, -0.15) is 0 Å². The Morgan fingerprint density at radius 1 is 1.14 bits per heavy atom. The van der Waals surface area contributed by atoms with Crippen molar-refractivity contribution in [2.45, 2.75) is 71.6 Å². The molecule has 1 fully saturated rings. The van der Waals surface area contributed by atoms with Gasteiger partial charge in [-0.25, -0.2) is 9.78 Å². The molecule has 0 atom stereocenters. The lowest BCUT2D eigenvalue weighted by Crippen LogP contribution is -2.43. The molecule has 1 N–H and O–H groups in total. The van der Waals surface area contributed by atoms with Gasteiger partial charge in [-0.15, -0.1) is 0 Å². The first-order valence-electron chi connectivity index (χ1n) is 11.8. The van der Waals surface area contributed by atoms with E-state index in [4.69, 9.17) is 9.15 Å². The van der Waals surface area contributed by atoms with Crippen LogP contribution in [0.2, 0.25) is 0 Å². The molecule has 1 aliphatic rings. The van der Waals surface area contributed by atoms with E-state index in [0.29, 0.717) is 41.8 Å². The second kappa shape index (κ2) is 9.09. The maximum atomic E-state index is 13.5. The van der Waals surface area contributed by atoms with Gasteiger partial charge in [0.1, 0.15) is 11.1 Å². The number of amides is 1. The Bertz CT molecular complexity index is 1300. The molecule has 0 radical (unpaired) electrons. The molecule has 1 amide bonds. The van der Waals surface area contributed by atoms with Crippen LogP contribution in [0.1, 0.15) is 64.8 Å². The summed E-state index contributed by atoms with van der Waals surface area (Å²) in [5.74, 6) is 0.344. The van der Waals surface area contributed by atoms with Gasteiger partial charge in [-0.1, -0.05) is 12.1 Å². The van der Waals surface area contributed by atoms with E-state index in [1.165, 1.54) is 0 Å². The molecule has 0 spiro atoms. The van der Waals surface area contributed by atoms with E-state index in [1.54, 1.807) is 23.3 Å².